The zero-order valence-electron chi connectivity index (χ0n) is 11.9. The fourth-order valence-corrected chi connectivity index (χ4v) is 6.48. The van der Waals surface area contributed by atoms with Gasteiger partial charge in [0.05, 0.1) is 10.0 Å². The Hall–Kier alpha value is -0.290. The summed E-state index contributed by atoms with van der Waals surface area (Å²) in [6.45, 7) is 1.95. The number of rotatable bonds is 4. The van der Waals surface area contributed by atoms with Crippen LogP contribution in [0.2, 0.25) is 10.0 Å². The monoisotopic (exact) mass is 347 g/mol. The van der Waals surface area contributed by atoms with E-state index in [4.69, 9.17) is 23.2 Å². The van der Waals surface area contributed by atoms with E-state index in [1.54, 1.807) is 18.2 Å². The summed E-state index contributed by atoms with van der Waals surface area (Å²) >= 11 is 12.0. The first-order chi connectivity index (χ1) is 9.88. The average Bonchev–Trinajstić information content (AvgIpc) is 2.99. The van der Waals surface area contributed by atoms with Crippen LogP contribution in [0.25, 0.3) is 0 Å². The molecule has 21 heavy (non-hydrogen) atoms. The van der Waals surface area contributed by atoms with E-state index in [2.05, 4.69) is 4.72 Å². The summed E-state index contributed by atoms with van der Waals surface area (Å²) in [6, 6.07) is 4.65. The van der Waals surface area contributed by atoms with Gasteiger partial charge in [-0.3, -0.25) is 0 Å². The van der Waals surface area contributed by atoms with Crippen molar-refractivity contribution >= 4 is 33.2 Å². The first-order valence-electron chi connectivity index (χ1n) is 7.35. The zero-order valence-corrected chi connectivity index (χ0v) is 14.2. The zero-order chi connectivity index (χ0) is 15.2. The van der Waals surface area contributed by atoms with Gasteiger partial charge in [-0.1, -0.05) is 35.7 Å². The van der Waals surface area contributed by atoms with Gasteiger partial charge in [0.25, 0.3) is 0 Å². The molecule has 3 rings (SSSR count). The topological polar surface area (TPSA) is 46.2 Å². The molecule has 0 spiro atoms. The van der Waals surface area contributed by atoms with Crippen LogP contribution in [0.15, 0.2) is 23.1 Å². The Labute approximate surface area is 136 Å². The molecule has 2 saturated carbocycles. The van der Waals surface area contributed by atoms with Crippen molar-refractivity contribution in [2.45, 2.75) is 43.5 Å². The lowest BCUT2D eigenvalue weighted by Gasteiger charge is -2.28. The van der Waals surface area contributed by atoms with Gasteiger partial charge in [-0.05, 0) is 56.1 Å². The van der Waals surface area contributed by atoms with E-state index in [0.717, 1.165) is 12.3 Å². The van der Waals surface area contributed by atoms with Crippen molar-refractivity contribution < 1.29 is 8.42 Å². The molecule has 6 heteroatoms. The molecule has 116 valence electrons. The van der Waals surface area contributed by atoms with Crippen molar-refractivity contribution in [2.24, 2.45) is 17.8 Å². The Balaban J connectivity index is 1.80. The number of fused-ring (bicyclic) bond motifs is 2. The van der Waals surface area contributed by atoms with Crippen LogP contribution >= 0.6 is 23.2 Å². The van der Waals surface area contributed by atoms with Crippen LogP contribution in [0.5, 0.6) is 0 Å². The second kappa shape index (κ2) is 5.73. The molecule has 2 aliphatic carbocycles. The predicted molar refractivity (Wildman–Crippen MR) is 85.2 cm³/mol. The highest BCUT2D eigenvalue weighted by Crippen LogP contribution is 2.49. The average molecular weight is 348 g/mol. The third kappa shape index (κ3) is 2.96. The molecule has 0 saturated heterocycles. The van der Waals surface area contributed by atoms with E-state index in [1.807, 2.05) is 6.92 Å². The highest BCUT2D eigenvalue weighted by atomic mass is 35.5. The quantitative estimate of drug-likeness (QED) is 0.891. The maximum Gasteiger partial charge on any atom is 0.243 e. The van der Waals surface area contributed by atoms with Gasteiger partial charge in [-0.25, -0.2) is 13.1 Å². The van der Waals surface area contributed by atoms with Crippen molar-refractivity contribution in [3.05, 3.63) is 28.2 Å². The summed E-state index contributed by atoms with van der Waals surface area (Å²) in [4.78, 5) is -0.0108. The molecule has 3 nitrogen and oxygen atoms in total. The Bertz CT molecular complexity index is 627. The normalized spacial score (nSPS) is 29.8. The Morgan fingerprint density at radius 2 is 1.86 bits per heavy atom. The van der Waals surface area contributed by atoms with Gasteiger partial charge in [0.2, 0.25) is 10.0 Å². The van der Waals surface area contributed by atoms with E-state index in [-0.39, 0.29) is 21.0 Å². The van der Waals surface area contributed by atoms with Gasteiger partial charge in [-0.2, -0.15) is 0 Å². The molecule has 0 aliphatic heterocycles. The first kappa shape index (κ1) is 15.6. The summed E-state index contributed by atoms with van der Waals surface area (Å²) in [6.07, 6.45) is 4.92. The highest BCUT2D eigenvalue weighted by molar-refractivity contribution is 7.89. The summed E-state index contributed by atoms with van der Waals surface area (Å²) in [7, 11) is -3.69. The summed E-state index contributed by atoms with van der Waals surface area (Å²) in [5, 5.41) is 0.324. The summed E-state index contributed by atoms with van der Waals surface area (Å²) in [5.41, 5.74) is 0. The van der Waals surface area contributed by atoms with Crippen LogP contribution in [0, 0.1) is 17.8 Å². The minimum absolute atomic E-state index is 0.0108. The number of hydrogen-bond acceptors (Lipinski definition) is 2. The molecule has 0 aromatic heterocycles. The number of halogens is 2. The molecular formula is C15H19Cl2NO2S. The SMILES string of the molecule is CC(NS(=O)(=O)c1c(Cl)cccc1Cl)C1CC2CCC1C2. The van der Waals surface area contributed by atoms with Gasteiger partial charge >= 0.3 is 0 Å². The minimum Gasteiger partial charge on any atom is -0.208 e. The van der Waals surface area contributed by atoms with Gasteiger partial charge in [0, 0.05) is 6.04 Å². The van der Waals surface area contributed by atoms with Gasteiger partial charge < -0.3 is 0 Å². The molecule has 1 N–H and O–H groups in total. The first-order valence-corrected chi connectivity index (χ1v) is 9.58. The van der Waals surface area contributed by atoms with Crippen LogP contribution < -0.4 is 4.72 Å². The van der Waals surface area contributed by atoms with Gasteiger partial charge in [-0.15, -0.1) is 0 Å². The second-order valence-electron chi connectivity index (χ2n) is 6.30. The molecule has 1 aromatic rings. The van der Waals surface area contributed by atoms with Crippen LogP contribution in [-0.2, 0) is 10.0 Å². The van der Waals surface area contributed by atoms with Crippen molar-refractivity contribution in [1.29, 1.82) is 0 Å². The molecule has 4 unspecified atom stereocenters. The predicted octanol–water partition coefficient (Wildman–Crippen LogP) is 4.10. The second-order valence-corrected chi connectivity index (χ2v) is 8.76. The molecule has 2 aliphatic rings. The fourth-order valence-electron chi connectivity index (χ4n) is 4.04. The van der Waals surface area contributed by atoms with Crippen molar-refractivity contribution in [1.82, 2.24) is 4.72 Å². The lowest BCUT2D eigenvalue weighted by molar-refractivity contribution is 0.280. The van der Waals surface area contributed by atoms with E-state index in [1.165, 1.54) is 19.3 Å². The Kier molecular flexibility index (Phi) is 4.25. The van der Waals surface area contributed by atoms with Crippen molar-refractivity contribution in [3.63, 3.8) is 0 Å². The lowest BCUT2D eigenvalue weighted by atomic mass is 9.84. The molecule has 4 atom stereocenters. The molecular weight excluding hydrogens is 329 g/mol. The third-order valence-electron chi connectivity index (χ3n) is 4.96. The van der Waals surface area contributed by atoms with E-state index < -0.39 is 10.0 Å². The Morgan fingerprint density at radius 3 is 2.38 bits per heavy atom. The van der Waals surface area contributed by atoms with Crippen LogP contribution in [0.4, 0.5) is 0 Å². The van der Waals surface area contributed by atoms with E-state index in [9.17, 15) is 8.42 Å². The molecule has 2 fully saturated rings. The summed E-state index contributed by atoms with van der Waals surface area (Å²) in [5.74, 6) is 1.88. The molecule has 0 amide bonds. The molecule has 0 radical (unpaired) electrons. The van der Waals surface area contributed by atoms with E-state index in [0.29, 0.717) is 11.8 Å². The third-order valence-corrected chi connectivity index (χ3v) is 7.48. The maximum atomic E-state index is 12.6. The fraction of sp³-hybridized carbons (Fsp3) is 0.600. The largest absolute Gasteiger partial charge is 0.243 e. The number of hydrogen-bond donors (Lipinski definition) is 1. The highest BCUT2D eigenvalue weighted by Gasteiger charge is 2.42. The summed E-state index contributed by atoms with van der Waals surface area (Å²) < 4.78 is 27.9. The van der Waals surface area contributed by atoms with Crippen molar-refractivity contribution in [2.75, 3.05) is 0 Å². The van der Waals surface area contributed by atoms with Gasteiger partial charge in [0.15, 0.2) is 0 Å². The lowest BCUT2D eigenvalue weighted by Crippen LogP contribution is -2.40. The molecule has 2 bridgehead atoms. The van der Waals surface area contributed by atoms with Gasteiger partial charge in [0.1, 0.15) is 4.90 Å². The van der Waals surface area contributed by atoms with E-state index >= 15 is 0 Å². The molecule has 0 heterocycles. The van der Waals surface area contributed by atoms with Crippen LogP contribution in [0.1, 0.15) is 32.6 Å². The van der Waals surface area contributed by atoms with Crippen molar-refractivity contribution in [3.8, 4) is 0 Å². The number of sulfonamides is 1. The number of benzene rings is 1. The number of nitrogens with one attached hydrogen (secondary N) is 1. The standard InChI is InChI=1S/C15H19Cl2NO2S/c1-9(12-8-10-5-6-11(12)7-10)18-21(19,20)15-13(16)3-2-4-14(15)17/h2-4,9-12,18H,5-8H2,1H3. The Morgan fingerprint density at radius 1 is 1.19 bits per heavy atom. The molecule has 1 aromatic carbocycles. The van der Waals surface area contributed by atoms with Crippen LogP contribution in [0.3, 0.4) is 0 Å². The maximum absolute atomic E-state index is 12.6. The van der Waals surface area contributed by atoms with Crippen LogP contribution in [-0.4, -0.2) is 14.5 Å². The smallest absolute Gasteiger partial charge is 0.208 e. The minimum atomic E-state index is -3.69.